The van der Waals surface area contributed by atoms with Crippen molar-refractivity contribution >= 4 is 21.6 Å². The van der Waals surface area contributed by atoms with Crippen LogP contribution in [-0.2, 0) is 14.8 Å². The van der Waals surface area contributed by atoms with Crippen molar-refractivity contribution in [2.75, 3.05) is 24.5 Å². The van der Waals surface area contributed by atoms with Crippen LogP contribution < -0.4 is 4.90 Å². The molecule has 0 radical (unpaired) electrons. The molecule has 27 heavy (non-hydrogen) atoms. The van der Waals surface area contributed by atoms with E-state index in [4.69, 9.17) is 0 Å². The molecule has 0 N–H and O–H groups in total. The van der Waals surface area contributed by atoms with Crippen molar-refractivity contribution in [1.82, 2.24) is 4.31 Å². The van der Waals surface area contributed by atoms with Gasteiger partial charge in [0.1, 0.15) is 10.7 Å². The first-order valence-corrected chi connectivity index (χ1v) is 10.5. The van der Waals surface area contributed by atoms with Gasteiger partial charge in [-0.25, -0.2) is 12.8 Å². The molecule has 1 saturated heterocycles. The molecule has 5 nitrogen and oxygen atoms in total. The Morgan fingerprint density at radius 2 is 1.67 bits per heavy atom. The maximum absolute atomic E-state index is 13.9. The summed E-state index contributed by atoms with van der Waals surface area (Å²) in [6.07, 6.45) is 0.853. The number of hydrogen-bond acceptors (Lipinski definition) is 3. The lowest BCUT2D eigenvalue weighted by molar-refractivity contribution is -0.123. The summed E-state index contributed by atoms with van der Waals surface area (Å²) in [4.78, 5) is 14.3. The van der Waals surface area contributed by atoms with Crippen molar-refractivity contribution in [2.24, 2.45) is 5.92 Å². The predicted octanol–water partition coefficient (Wildman–Crippen LogP) is 3.28. The van der Waals surface area contributed by atoms with Crippen LogP contribution in [0.15, 0.2) is 59.5 Å². The van der Waals surface area contributed by atoms with E-state index in [1.54, 1.807) is 4.90 Å². The van der Waals surface area contributed by atoms with Gasteiger partial charge in [-0.1, -0.05) is 30.3 Å². The number of halogens is 1. The minimum absolute atomic E-state index is 0.00615. The Labute approximate surface area is 159 Å². The second-order valence-corrected chi connectivity index (χ2v) is 8.43. The van der Waals surface area contributed by atoms with Gasteiger partial charge in [-0.3, -0.25) is 4.79 Å². The standard InChI is InChI=1S/C20H23FN2O3S/c1-2-23(17-8-4-3-5-9-17)20(24)16-12-14-22(15-13-16)27(25,26)19-11-7-6-10-18(19)21/h3-11,16H,2,12-15H2,1H3. The van der Waals surface area contributed by atoms with E-state index in [0.29, 0.717) is 19.4 Å². The summed E-state index contributed by atoms with van der Waals surface area (Å²) in [5.41, 5.74) is 0.839. The molecule has 2 aromatic carbocycles. The molecule has 1 heterocycles. The van der Waals surface area contributed by atoms with Gasteiger partial charge < -0.3 is 4.90 Å². The average Bonchev–Trinajstić information content (AvgIpc) is 2.69. The topological polar surface area (TPSA) is 57.7 Å². The van der Waals surface area contributed by atoms with Gasteiger partial charge in [-0.2, -0.15) is 4.31 Å². The average molecular weight is 390 g/mol. The van der Waals surface area contributed by atoms with Gasteiger partial charge in [-0.15, -0.1) is 0 Å². The highest BCUT2D eigenvalue weighted by atomic mass is 32.2. The molecule has 3 rings (SSSR count). The fourth-order valence-corrected chi connectivity index (χ4v) is 4.96. The predicted molar refractivity (Wildman–Crippen MR) is 102 cm³/mol. The van der Waals surface area contributed by atoms with Gasteiger partial charge in [0.2, 0.25) is 15.9 Å². The molecule has 0 unspecified atom stereocenters. The number of hydrogen-bond donors (Lipinski definition) is 0. The third-order valence-electron chi connectivity index (χ3n) is 4.91. The van der Waals surface area contributed by atoms with E-state index in [0.717, 1.165) is 11.8 Å². The van der Waals surface area contributed by atoms with Gasteiger partial charge in [0.05, 0.1) is 0 Å². The Bertz CT molecular complexity index is 894. The largest absolute Gasteiger partial charge is 0.312 e. The SMILES string of the molecule is CCN(C(=O)C1CCN(S(=O)(=O)c2ccccc2F)CC1)c1ccccc1. The molecule has 1 aliphatic rings. The minimum Gasteiger partial charge on any atom is -0.312 e. The van der Waals surface area contributed by atoms with E-state index >= 15 is 0 Å². The number of amides is 1. The number of sulfonamides is 1. The van der Waals surface area contributed by atoms with E-state index in [2.05, 4.69) is 0 Å². The third kappa shape index (κ3) is 4.04. The van der Waals surface area contributed by atoms with Crippen molar-refractivity contribution in [1.29, 1.82) is 0 Å². The highest BCUT2D eigenvalue weighted by Gasteiger charge is 2.34. The highest BCUT2D eigenvalue weighted by molar-refractivity contribution is 7.89. The molecule has 0 bridgehead atoms. The fourth-order valence-electron chi connectivity index (χ4n) is 3.43. The Balaban J connectivity index is 1.70. The summed E-state index contributed by atoms with van der Waals surface area (Å²) >= 11 is 0. The molecule has 2 aromatic rings. The molecule has 0 spiro atoms. The van der Waals surface area contributed by atoms with Crippen LogP contribution in [0.3, 0.4) is 0 Å². The maximum atomic E-state index is 13.9. The van der Waals surface area contributed by atoms with Gasteiger partial charge in [0.25, 0.3) is 0 Å². The summed E-state index contributed by atoms with van der Waals surface area (Å²) in [5, 5.41) is 0. The van der Waals surface area contributed by atoms with E-state index in [1.165, 1.54) is 22.5 Å². The monoisotopic (exact) mass is 390 g/mol. The van der Waals surface area contributed by atoms with Gasteiger partial charge in [0.15, 0.2) is 0 Å². The summed E-state index contributed by atoms with van der Waals surface area (Å²) in [6, 6.07) is 14.8. The summed E-state index contributed by atoms with van der Waals surface area (Å²) in [5.74, 6) is -0.985. The lowest BCUT2D eigenvalue weighted by Gasteiger charge is -2.33. The second kappa shape index (κ2) is 8.19. The van der Waals surface area contributed by atoms with Gasteiger partial charge in [0, 0.05) is 31.2 Å². The molecule has 1 fully saturated rings. The molecule has 0 aliphatic carbocycles. The van der Waals surface area contributed by atoms with Gasteiger partial charge >= 0.3 is 0 Å². The zero-order chi connectivity index (χ0) is 19.4. The molecule has 0 saturated carbocycles. The quantitative estimate of drug-likeness (QED) is 0.787. The van der Waals surface area contributed by atoms with Crippen molar-refractivity contribution in [3.8, 4) is 0 Å². The summed E-state index contributed by atoms with van der Waals surface area (Å²) in [6.45, 7) is 2.89. The molecular formula is C20H23FN2O3S. The number of carbonyl (C=O) groups is 1. The number of carbonyl (C=O) groups excluding carboxylic acids is 1. The van der Waals surface area contributed by atoms with Crippen molar-refractivity contribution in [3.63, 3.8) is 0 Å². The molecule has 1 aliphatic heterocycles. The normalized spacial score (nSPS) is 16.2. The smallest absolute Gasteiger partial charge is 0.245 e. The Morgan fingerprint density at radius 1 is 1.07 bits per heavy atom. The summed E-state index contributed by atoms with van der Waals surface area (Å²) in [7, 11) is -3.89. The van der Waals surface area contributed by atoms with Crippen LogP contribution in [0.25, 0.3) is 0 Å². The number of nitrogens with zero attached hydrogens (tertiary/aromatic N) is 2. The van der Waals surface area contributed by atoms with Crippen LogP contribution in [0, 0.1) is 11.7 Å². The van der Waals surface area contributed by atoms with Crippen LogP contribution >= 0.6 is 0 Å². The number of para-hydroxylation sites is 1. The number of benzene rings is 2. The zero-order valence-corrected chi connectivity index (χ0v) is 16.0. The first-order chi connectivity index (χ1) is 12.9. The van der Waals surface area contributed by atoms with E-state index in [-0.39, 0.29) is 29.8 Å². The molecular weight excluding hydrogens is 367 g/mol. The Morgan fingerprint density at radius 3 is 2.26 bits per heavy atom. The second-order valence-electron chi connectivity index (χ2n) is 6.53. The molecule has 1 amide bonds. The van der Waals surface area contributed by atoms with Crippen LogP contribution in [0.4, 0.5) is 10.1 Å². The van der Waals surface area contributed by atoms with Crippen LogP contribution in [0.2, 0.25) is 0 Å². The maximum Gasteiger partial charge on any atom is 0.245 e. The van der Waals surface area contributed by atoms with Crippen LogP contribution in [0.1, 0.15) is 19.8 Å². The molecule has 0 aromatic heterocycles. The first-order valence-electron chi connectivity index (χ1n) is 9.06. The van der Waals surface area contributed by atoms with E-state index in [9.17, 15) is 17.6 Å². The lowest BCUT2D eigenvalue weighted by atomic mass is 9.96. The first kappa shape index (κ1) is 19.5. The van der Waals surface area contributed by atoms with Crippen LogP contribution in [0.5, 0.6) is 0 Å². The lowest BCUT2D eigenvalue weighted by Crippen LogP contribution is -2.44. The Hall–Kier alpha value is -2.25. The molecule has 7 heteroatoms. The number of anilines is 1. The van der Waals surface area contributed by atoms with Gasteiger partial charge in [-0.05, 0) is 44.0 Å². The number of piperidine rings is 1. The van der Waals surface area contributed by atoms with Crippen LogP contribution in [-0.4, -0.2) is 38.3 Å². The number of rotatable bonds is 5. The minimum atomic E-state index is -3.89. The summed E-state index contributed by atoms with van der Waals surface area (Å²) < 4.78 is 40.6. The zero-order valence-electron chi connectivity index (χ0n) is 15.2. The van der Waals surface area contributed by atoms with E-state index < -0.39 is 15.8 Å². The van der Waals surface area contributed by atoms with Crippen molar-refractivity contribution in [3.05, 3.63) is 60.4 Å². The molecule has 0 atom stereocenters. The van der Waals surface area contributed by atoms with E-state index in [1.807, 2.05) is 37.3 Å². The molecule has 144 valence electrons. The third-order valence-corrected chi connectivity index (χ3v) is 6.84. The fraction of sp³-hybridized carbons (Fsp3) is 0.350. The highest BCUT2D eigenvalue weighted by Crippen LogP contribution is 2.27. The van der Waals surface area contributed by atoms with Crippen molar-refractivity contribution < 1.29 is 17.6 Å². The Kier molecular flexibility index (Phi) is 5.92. The van der Waals surface area contributed by atoms with Crippen molar-refractivity contribution in [2.45, 2.75) is 24.7 Å².